The van der Waals surface area contributed by atoms with Gasteiger partial charge in [-0.3, -0.25) is 4.79 Å². The Kier molecular flexibility index (Phi) is 5.44. The van der Waals surface area contributed by atoms with Gasteiger partial charge in [-0.25, -0.2) is 9.78 Å². The third-order valence-electron chi connectivity index (χ3n) is 4.89. The maximum absolute atomic E-state index is 12.7. The van der Waals surface area contributed by atoms with Crippen molar-refractivity contribution >= 4 is 17.6 Å². The molecular formula is C19H27N5O2. The van der Waals surface area contributed by atoms with Crippen LogP contribution in [0, 0.1) is 6.92 Å². The number of hydrogen-bond acceptors (Lipinski definition) is 3. The van der Waals surface area contributed by atoms with E-state index in [1.165, 1.54) is 0 Å². The number of carbonyl (C=O) groups is 2. The summed E-state index contributed by atoms with van der Waals surface area (Å²) in [5.74, 6) is 0.0306. The number of likely N-dealkylation sites (N-methyl/N-ethyl adjacent to an activating group) is 1. The number of imidazole rings is 1. The quantitative estimate of drug-likeness (QED) is 0.892. The van der Waals surface area contributed by atoms with Crippen LogP contribution in [0.1, 0.15) is 37.4 Å². The van der Waals surface area contributed by atoms with Gasteiger partial charge in [-0.05, 0) is 31.0 Å². The molecule has 1 saturated heterocycles. The molecule has 3 heterocycles. The van der Waals surface area contributed by atoms with Crippen LogP contribution in [0.3, 0.4) is 0 Å². The van der Waals surface area contributed by atoms with Gasteiger partial charge in [-0.15, -0.1) is 0 Å². The van der Waals surface area contributed by atoms with E-state index in [0.717, 1.165) is 29.7 Å². The summed E-state index contributed by atoms with van der Waals surface area (Å²) >= 11 is 0. The summed E-state index contributed by atoms with van der Waals surface area (Å²) in [7, 11) is 1.80. The first-order valence-corrected chi connectivity index (χ1v) is 9.23. The van der Waals surface area contributed by atoms with Crippen molar-refractivity contribution in [2.45, 2.75) is 45.7 Å². The minimum Gasteiger partial charge on any atom is -0.342 e. The van der Waals surface area contributed by atoms with E-state index in [4.69, 9.17) is 0 Å². The number of unbranched alkanes of at least 4 members (excludes halogenated alkanes) is 1. The number of hydrogen-bond donors (Lipinski definition) is 1. The van der Waals surface area contributed by atoms with Crippen molar-refractivity contribution in [2.75, 3.05) is 20.1 Å². The van der Waals surface area contributed by atoms with Crippen LogP contribution in [0.4, 0.5) is 4.79 Å². The lowest BCUT2D eigenvalue weighted by Crippen LogP contribution is -2.59. The van der Waals surface area contributed by atoms with Gasteiger partial charge in [0.25, 0.3) is 0 Å². The molecule has 7 heteroatoms. The van der Waals surface area contributed by atoms with Crippen LogP contribution in [-0.2, 0) is 11.3 Å². The molecule has 7 nitrogen and oxygen atoms in total. The van der Waals surface area contributed by atoms with Crippen LogP contribution < -0.4 is 5.32 Å². The van der Waals surface area contributed by atoms with Gasteiger partial charge >= 0.3 is 6.03 Å². The summed E-state index contributed by atoms with van der Waals surface area (Å²) in [5, 5.41) is 2.93. The van der Waals surface area contributed by atoms with Gasteiger partial charge in [-0.1, -0.05) is 19.8 Å². The second kappa shape index (κ2) is 7.76. The van der Waals surface area contributed by atoms with E-state index in [1.807, 2.05) is 35.9 Å². The average Bonchev–Trinajstić information content (AvgIpc) is 3.02. The van der Waals surface area contributed by atoms with E-state index in [0.29, 0.717) is 26.1 Å². The number of fused-ring (bicyclic) bond motifs is 1. The maximum atomic E-state index is 12.7. The number of aryl methyl sites for hydroxylation is 1. The summed E-state index contributed by atoms with van der Waals surface area (Å²) < 4.78 is 1.94. The monoisotopic (exact) mass is 357 g/mol. The lowest BCUT2D eigenvalue weighted by Gasteiger charge is -2.39. The van der Waals surface area contributed by atoms with Crippen molar-refractivity contribution in [3.63, 3.8) is 0 Å². The van der Waals surface area contributed by atoms with Crippen molar-refractivity contribution < 1.29 is 9.59 Å². The molecule has 0 aliphatic carbocycles. The Morgan fingerprint density at radius 1 is 1.38 bits per heavy atom. The number of aromatic nitrogens is 2. The molecule has 0 bridgehead atoms. The smallest absolute Gasteiger partial charge is 0.318 e. The predicted octanol–water partition coefficient (Wildman–Crippen LogP) is 2.19. The zero-order valence-corrected chi connectivity index (χ0v) is 15.7. The van der Waals surface area contributed by atoms with Gasteiger partial charge in [0.15, 0.2) is 0 Å². The lowest BCUT2D eigenvalue weighted by atomic mass is 10.0. The highest BCUT2D eigenvalue weighted by Crippen LogP contribution is 2.16. The SMILES string of the molecule is CCCC[C@H]1C(=O)N(C)CCN1C(=O)NCc1cn2ccc(C)cc2n1. The molecule has 140 valence electrons. The molecule has 26 heavy (non-hydrogen) atoms. The van der Waals surface area contributed by atoms with Crippen molar-refractivity contribution in [1.82, 2.24) is 24.5 Å². The molecule has 0 saturated carbocycles. The molecule has 0 radical (unpaired) electrons. The van der Waals surface area contributed by atoms with Crippen molar-refractivity contribution in [3.05, 3.63) is 35.8 Å². The largest absolute Gasteiger partial charge is 0.342 e. The first-order valence-electron chi connectivity index (χ1n) is 9.23. The summed E-state index contributed by atoms with van der Waals surface area (Å²) in [5.41, 5.74) is 2.81. The highest BCUT2D eigenvalue weighted by Gasteiger charge is 2.35. The molecule has 2 aromatic heterocycles. The minimum atomic E-state index is -0.364. The van der Waals surface area contributed by atoms with Crippen molar-refractivity contribution in [1.29, 1.82) is 0 Å². The molecule has 0 spiro atoms. The van der Waals surface area contributed by atoms with Crippen molar-refractivity contribution in [3.8, 4) is 0 Å². The number of piperazine rings is 1. The number of amides is 3. The first kappa shape index (κ1) is 18.2. The van der Waals surface area contributed by atoms with Crippen LogP contribution in [0.5, 0.6) is 0 Å². The Morgan fingerprint density at radius 3 is 2.96 bits per heavy atom. The van der Waals surface area contributed by atoms with E-state index in [2.05, 4.69) is 17.2 Å². The Balaban J connectivity index is 1.66. The van der Waals surface area contributed by atoms with Gasteiger partial charge in [0, 0.05) is 32.5 Å². The minimum absolute atomic E-state index is 0.0306. The Morgan fingerprint density at radius 2 is 2.19 bits per heavy atom. The molecular weight excluding hydrogens is 330 g/mol. The standard InChI is InChI=1S/C19H27N5O2/c1-4-5-6-16-18(25)22(3)9-10-24(16)19(26)20-12-15-13-23-8-7-14(2)11-17(23)21-15/h7-8,11,13,16H,4-6,9-10,12H2,1-3H3,(H,20,26)/t16-/m0/s1. The van der Waals surface area contributed by atoms with Crippen LogP contribution in [0.2, 0.25) is 0 Å². The number of nitrogens with one attached hydrogen (secondary N) is 1. The van der Waals surface area contributed by atoms with E-state index < -0.39 is 0 Å². The van der Waals surface area contributed by atoms with Gasteiger partial charge in [0.05, 0.1) is 12.2 Å². The normalized spacial score (nSPS) is 17.8. The molecule has 0 unspecified atom stereocenters. The van der Waals surface area contributed by atoms with E-state index >= 15 is 0 Å². The summed E-state index contributed by atoms with van der Waals surface area (Å²) in [4.78, 5) is 33.1. The Hall–Kier alpha value is -2.57. The third kappa shape index (κ3) is 3.81. The zero-order valence-electron chi connectivity index (χ0n) is 15.7. The van der Waals surface area contributed by atoms with Gasteiger partial charge < -0.3 is 19.5 Å². The van der Waals surface area contributed by atoms with Crippen molar-refractivity contribution in [2.24, 2.45) is 0 Å². The van der Waals surface area contributed by atoms with Gasteiger partial charge in [0.2, 0.25) is 5.91 Å². The van der Waals surface area contributed by atoms with Crippen LogP contribution in [0.15, 0.2) is 24.5 Å². The molecule has 1 aliphatic rings. The van der Waals surface area contributed by atoms with E-state index in [1.54, 1.807) is 16.8 Å². The molecule has 0 aromatic carbocycles. The maximum Gasteiger partial charge on any atom is 0.318 e. The van der Waals surface area contributed by atoms with Crippen LogP contribution in [0.25, 0.3) is 5.65 Å². The number of pyridine rings is 1. The topological polar surface area (TPSA) is 70.0 Å². The van der Waals surface area contributed by atoms with Crippen LogP contribution in [-0.4, -0.2) is 57.3 Å². The number of carbonyl (C=O) groups excluding carboxylic acids is 2. The number of urea groups is 1. The second-order valence-electron chi connectivity index (χ2n) is 6.97. The Bertz CT molecular complexity index is 800. The van der Waals surface area contributed by atoms with E-state index in [-0.39, 0.29) is 18.0 Å². The fraction of sp³-hybridized carbons (Fsp3) is 0.526. The molecule has 3 rings (SSSR count). The predicted molar refractivity (Wildman–Crippen MR) is 99.8 cm³/mol. The fourth-order valence-corrected chi connectivity index (χ4v) is 3.32. The molecule has 1 N–H and O–H groups in total. The third-order valence-corrected chi connectivity index (χ3v) is 4.89. The number of rotatable bonds is 5. The summed E-state index contributed by atoms with van der Waals surface area (Å²) in [6.07, 6.45) is 6.52. The number of nitrogens with zero attached hydrogens (tertiary/aromatic N) is 4. The summed E-state index contributed by atoms with van der Waals surface area (Å²) in [6.45, 7) is 5.60. The van der Waals surface area contributed by atoms with Gasteiger partial charge in [-0.2, -0.15) is 0 Å². The molecule has 3 amide bonds. The van der Waals surface area contributed by atoms with Gasteiger partial charge in [0.1, 0.15) is 11.7 Å². The molecule has 2 aromatic rings. The highest BCUT2D eigenvalue weighted by molar-refractivity contribution is 5.88. The second-order valence-corrected chi connectivity index (χ2v) is 6.97. The Labute approximate surface area is 154 Å². The lowest BCUT2D eigenvalue weighted by molar-refractivity contribution is -0.138. The average molecular weight is 357 g/mol. The summed E-state index contributed by atoms with van der Waals surface area (Å²) in [6, 6.07) is 3.47. The first-order chi connectivity index (χ1) is 12.5. The van der Waals surface area contributed by atoms with E-state index in [9.17, 15) is 9.59 Å². The fourth-order valence-electron chi connectivity index (χ4n) is 3.32. The molecule has 1 atom stereocenters. The molecule has 1 fully saturated rings. The highest BCUT2D eigenvalue weighted by atomic mass is 16.2. The zero-order chi connectivity index (χ0) is 18.7. The van der Waals surface area contributed by atoms with Crippen LogP contribution >= 0.6 is 0 Å². The molecule has 1 aliphatic heterocycles.